The molecule has 1 aliphatic rings. The van der Waals surface area contributed by atoms with Gasteiger partial charge in [0.2, 0.25) is 0 Å². The van der Waals surface area contributed by atoms with Crippen LogP contribution >= 0.6 is 11.8 Å². The Kier molecular flexibility index (Phi) is 4.87. The summed E-state index contributed by atoms with van der Waals surface area (Å²) >= 11 is 1.86. The fourth-order valence-electron chi connectivity index (χ4n) is 1.94. The summed E-state index contributed by atoms with van der Waals surface area (Å²) in [6, 6.07) is 12.8. The van der Waals surface area contributed by atoms with Crippen LogP contribution in [0.3, 0.4) is 0 Å². The molecule has 1 fully saturated rings. The molecule has 1 aromatic carbocycles. The molecule has 1 aromatic rings. The monoisotopic (exact) mass is 247 g/mol. The van der Waals surface area contributed by atoms with Crippen LogP contribution in [0.5, 0.6) is 0 Å². The molecule has 0 spiro atoms. The molecule has 1 aliphatic heterocycles. The molecule has 0 radical (unpaired) electrons. The molecule has 0 aromatic heterocycles. The topological polar surface area (TPSA) is 39.1 Å². The third-order valence-corrected chi connectivity index (χ3v) is 3.89. The molecule has 1 N–H and O–H groups in total. The van der Waals surface area contributed by atoms with Gasteiger partial charge in [-0.15, -0.1) is 11.8 Å². The average Bonchev–Trinajstić information content (AvgIpc) is 2.40. The first kappa shape index (κ1) is 12.4. The first-order valence-electron chi connectivity index (χ1n) is 5.92. The van der Waals surface area contributed by atoms with Gasteiger partial charge in [-0.25, -0.2) is 0 Å². The maximum atomic E-state index is 9.04. The zero-order chi connectivity index (χ0) is 11.9. The second-order valence-corrected chi connectivity index (χ2v) is 5.21. The summed E-state index contributed by atoms with van der Waals surface area (Å²) in [5.41, 5.74) is 0. The van der Waals surface area contributed by atoms with Gasteiger partial charge in [0.15, 0.2) is 0 Å². The van der Waals surface area contributed by atoms with Crippen molar-refractivity contribution in [1.29, 1.82) is 5.26 Å². The highest BCUT2D eigenvalue weighted by Crippen LogP contribution is 2.17. The van der Waals surface area contributed by atoms with Crippen LogP contribution in [0.15, 0.2) is 35.2 Å². The summed E-state index contributed by atoms with van der Waals surface area (Å²) in [4.78, 5) is 3.57. The minimum Gasteiger partial charge on any atom is -0.313 e. The molecule has 0 amide bonds. The highest BCUT2D eigenvalue weighted by molar-refractivity contribution is 7.99. The van der Waals surface area contributed by atoms with Crippen molar-refractivity contribution < 1.29 is 0 Å². The second kappa shape index (κ2) is 6.65. The van der Waals surface area contributed by atoms with Crippen LogP contribution in [-0.2, 0) is 0 Å². The lowest BCUT2D eigenvalue weighted by molar-refractivity contribution is 0.209. The predicted molar refractivity (Wildman–Crippen MR) is 71.0 cm³/mol. The van der Waals surface area contributed by atoms with E-state index >= 15 is 0 Å². The highest BCUT2D eigenvalue weighted by atomic mass is 32.2. The molecule has 0 aliphatic carbocycles. The van der Waals surface area contributed by atoms with E-state index in [1.165, 1.54) is 4.90 Å². The van der Waals surface area contributed by atoms with Crippen LogP contribution in [0.2, 0.25) is 0 Å². The Hall–Kier alpha value is -1.02. The van der Waals surface area contributed by atoms with Crippen LogP contribution in [0.4, 0.5) is 0 Å². The van der Waals surface area contributed by atoms with Crippen LogP contribution < -0.4 is 5.32 Å². The van der Waals surface area contributed by atoms with Gasteiger partial charge in [-0.1, -0.05) is 18.2 Å². The van der Waals surface area contributed by atoms with Crippen molar-refractivity contribution in [2.24, 2.45) is 0 Å². The van der Waals surface area contributed by atoms with E-state index in [2.05, 4.69) is 40.6 Å². The third kappa shape index (κ3) is 3.74. The summed E-state index contributed by atoms with van der Waals surface area (Å²) in [6.45, 7) is 3.76. The average molecular weight is 247 g/mol. The van der Waals surface area contributed by atoms with Crippen LogP contribution in [0.25, 0.3) is 0 Å². The van der Waals surface area contributed by atoms with Gasteiger partial charge in [0.25, 0.3) is 0 Å². The second-order valence-electron chi connectivity index (χ2n) is 4.05. The van der Waals surface area contributed by atoms with Crippen LogP contribution in [0.1, 0.15) is 0 Å². The van der Waals surface area contributed by atoms with E-state index in [-0.39, 0.29) is 6.04 Å². The van der Waals surface area contributed by atoms with E-state index in [4.69, 9.17) is 5.26 Å². The minimum absolute atomic E-state index is 0.0418. The van der Waals surface area contributed by atoms with E-state index in [9.17, 15) is 0 Å². The molecule has 1 atom stereocenters. The number of nitriles is 1. The maximum Gasteiger partial charge on any atom is 0.110 e. The molecule has 1 heterocycles. The zero-order valence-electron chi connectivity index (χ0n) is 9.80. The lowest BCUT2D eigenvalue weighted by atomic mass is 10.2. The maximum absolute atomic E-state index is 9.04. The van der Waals surface area contributed by atoms with Crippen molar-refractivity contribution in [2.75, 3.05) is 31.9 Å². The van der Waals surface area contributed by atoms with E-state index in [1.807, 2.05) is 17.8 Å². The van der Waals surface area contributed by atoms with E-state index in [0.29, 0.717) is 0 Å². The molecular weight excluding hydrogens is 230 g/mol. The standard InChI is InChI=1S/C13H17N3S/c14-10-12-11-15-6-7-16(12)8-9-17-13-4-2-1-3-5-13/h1-5,12,15H,6-9,11H2. The smallest absolute Gasteiger partial charge is 0.110 e. The van der Waals surface area contributed by atoms with Crippen molar-refractivity contribution in [3.05, 3.63) is 30.3 Å². The van der Waals surface area contributed by atoms with E-state index in [0.717, 1.165) is 31.9 Å². The Morgan fingerprint density at radius 3 is 3.00 bits per heavy atom. The lowest BCUT2D eigenvalue weighted by Crippen LogP contribution is -2.51. The molecule has 1 unspecified atom stereocenters. The zero-order valence-corrected chi connectivity index (χ0v) is 10.6. The van der Waals surface area contributed by atoms with Crippen molar-refractivity contribution in [2.45, 2.75) is 10.9 Å². The largest absolute Gasteiger partial charge is 0.313 e. The Bertz CT molecular complexity index is 374. The lowest BCUT2D eigenvalue weighted by Gasteiger charge is -2.31. The first-order valence-corrected chi connectivity index (χ1v) is 6.91. The molecule has 3 nitrogen and oxygen atoms in total. The number of rotatable bonds is 4. The SMILES string of the molecule is N#CC1CNCCN1CCSc1ccccc1. The number of thioether (sulfide) groups is 1. The van der Waals surface area contributed by atoms with Gasteiger partial charge in [0.05, 0.1) is 6.07 Å². The summed E-state index contributed by atoms with van der Waals surface area (Å²) in [5, 5.41) is 12.3. The molecule has 0 saturated carbocycles. The fraction of sp³-hybridized carbons (Fsp3) is 0.462. The van der Waals surface area contributed by atoms with Crippen molar-refractivity contribution in [3.63, 3.8) is 0 Å². The number of benzene rings is 1. The summed E-state index contributed by atoms with van der Waals surface area (Å²) in [6.07, 6.45) is 0. The third-order valence-electron chi connectivity index (χ3n) is 2.89. The minimum atomic E-state index is 0.0418. The number of hydrogen-bond acceptors (Lipinski definition) is 4. The van der Waals surface area contributed by atoms with Crippen molar-refractivity contribution >= 4 is 11.8 Å². The number of nitrogens with zero attached hydrogens (tertiary/aromatic N) is 2. The molecule has 4 heteroatoms. The Labute approximate surface area is 107 Å². The Balaban J connectivity index is 1.76. The van der Waals surface area contributed by atoms with Crippen LogP contribution in [0, 0.1) is 11.3 Å². The normalized spacial score (nSPS) is 21.0. The van der Waals surface area contributed by atoms with Gasteiger partial charge in [-0.2, -0.15) is 5.26 Å². The van der Waals surface area contributed by atoms with E-state index < -0.39 is 0 Å². The van der Waals surface area contributed by atoms with Gasteiger partial charge in [0.1, 0.15) is 6.04 Å². The van der Waals surface area contributed by atoms with E-state index in [1.54, 1.807) is 0 Å². The quantitative estimate of drug-likeness (QED) is 0.820. The Morgan fingerprint density at radius 1 is 1.41 bits per heavy atom. The number of hydrogen-bond donors (Lipinski definition) is 1. The molecule has 1 saturated heterocycles. The van der Waals surface area contributed by atoms with Gasteiger partial charge in [-0.05, 0) is 12.1 Å². The summed E-state index contributed by atoms with van der Waals surface area (Å²) < 4.78 is 0. The summed E-state index contributed by atoms with van der Waals surface area (Å²) in [5.74, 6) is 1.04. The van der Waals surface area contributed by atoms with Gasteiger partial charge in [-0.3, -0.25) is 4.90 Å². The first-order chi connectivity index (χ1) is 8.40. The Morgan fingerprint density at radius 2 is 2.24 bits per heavy atom. The van der Waals surface area contributed by atoms with Crippen molar-refractivity contribution in [3.8, 4) is 6.07 Å². The highest BCUT2D eigenvalue weighted by Gasteiger charge is 2.20. The molecular formula is C13H17N3S. The molecule has 17 heavy (non-hydrogen) atoms. The van der Waals surface area contributed by atoms with Gasteiger partial charge in [0, 0.05) is 36.8 Å². The predicted octanol–water partition coefficient (Wildman–Crippen LogP) is 1.58. The molecule has 0 bridgehead atoms. The fourth-order valence-corrected chi connectivity index (χ4v) is 2.85. The number of piperazine rings is 1. The number of nitrogens with one attached hydrogen (secondary N) is 1. The van der Waals surface area contributed by atoms with Crippen molar-refractivity contribution in [1.82, 2.24) is 10.2 Å². The summed E-state index contributed by atoms with van der Waals surface area (Å²) in [7, 11) is 0. The van der Waals surface area contributed by atoms with Crippen LogP contribution in [-0.4, -0.2) is 42.9 Å². The molecule has 2 rings (SSSR count). The van der Waals surface area contributed by atoms with Gasteiger partial charge < -0.3 is 5.32 Å². The van der Waals surface area contributed by atoms with Gasteiger partial charge >= 0.3 is 0 Å². The molecule has 90 valence electrons.